The van der Waals surface area contributed by atoms with Gasteiger partial charge >= 0.3 is 17.8 Å². The monoisotopic (exact) mass is 347 g/mol. The van der Waals surface area contributed by atoms with E-state index in [9.17, 15) is 14.4 Å². The van der Waals surface area contributed by atoms with Crippen LogP contribution in [0.1, 0.15) is 26.5 Å². The molecule has 2 heterocycles. The maximum atomic E-state index is 12.0. The van der Waals surface area contributed by atoms with Gasteiger partial charge in [0.1, 0.15) is 5.00 Å². The quantitative estimate of drug-likeness (QED) is 0.649. The Kier molecular flexibility index (Phi) is 5.64. The molecule has 2 N–H and O–H groups in total. The summed E-state index contributed by atoms with van der Waals surface area (Å²) in [6.45, 7) is 3.72. The molecule has 0 aliphatic carbocycles. The van der Waals surface area contributed by atoms with E-state index in [0.29, 0.717) is 10.7 Å². The van der Waals surface area contributed by atoms with Crippen molar-refractivity contribution in [3.05, 3.63) is 46.1 Å². The van der Waals surface area contributed by atoms with Crippen LogP contribution in [0.4, 0.5) is 5.00 Å². The van der Waals surface area contributed by atoms with Gasteiger partial charge in [0.05, 0.1) is 24.9 Å². The zero-order valence-electron chi connectivity index (χ0n) is 13.5. The number of amides is 2. The van der Waals surface area contributed by atoms with E-state index >= 15 is 0 Å². The van der Waals surface area contributed by atoms with Gasteiger partial charge in [0.25, 0.3) is 0 Å². The predicted octanol–water partition coefficient (Wildman–Crippen LogP) is 1.80. The van der Waals surface area contributed by atoms with Gasteiger partial charge in [-0.05, 0) is 31.5 Å². The van der Waals surface area contributed by atoms with Crippen LogP contribution in [-0.4, -0.2) is 29.9 Å². The zero-order valence-corrected chi connectivity index (χ0v) is 14.3. The van der Waals surface area contributed by atoms with Crippen molar-refractivity contribution in [2.45, 2.75) is 20.4 Å². The van der Waals surface area contributed by atoms with Gasteiger partial charge in [-0.1, -0.05) is 6.07 Å². The highest BCUT2D eigenvalue weighted by Gasteiger charge is 2.23. The number of rotatable bonds is 4. The Hall–Kier alpha value is -2.74. The van der Waals surface area contributed by atoms with Crippen molar-refractivity contribution in [3.8, 4) is 0 Å². The summed E-state index contributed by atoms with van der Waals surface area (Å²) in [5.74, 6) is -2.21. The first-order valence-electron chi connectivity index (χ1n) is 7.11. The van der Waals surface area contributed by atoms with Crippen molar-refractivity contribution in [1.29, 1.82) is 0 Å². The fourth-order valence-electron chi connectivity index (χ4n) is 1.98. The van der Waals surface area contributed by atoms with Gasteiger partial charge in [-0.3, -0.25) is 14.6 Å². The van der Waals surface area contributed by atoms with Crippen LogP contribution in [-0.2, 0) is 20.9 Å². The van der Waals surface area contributed by atoms with E-state index in [-0.39, 0.29) is 12.1 Å². The Labute approximate surface area is 143 Å². The highest BCUT2D eigenvalue weighted by atomic mass is 32.1. The molecule has 0 aliphatic rings. The number of carbonyl (C=O) groups is 3. The van der Waals surface area contributed by atoms with Crippen LogP contribution >= 0.6 is 11.3 Å². The first-order chi connectivity index (χ1) is 11.4. The molecule has 7 nitrogen and oxygen atoms in total. The molecular weight excluding hydrogens is 330 g/mol. The number of aryl methyl sites for hydroxylation is 1. The minimum Gasteiger partial charge on any atom is -0.465 e. The topological polar surface area (TPSA) is 97.4 Å². The average Bonchev–Trinajstić information content (AvgIpc) is 2.86. The number of esters is 1. The molecule has 0 atom stereocenters. The number of anilines is 1. The summed E-state index contributed by atoms with van der Waals surface area (Å²) >= 11 is 1.22. The van der Waals surface area contributed by atoms with Gasteiger partial charge in [-0.15, -0.1) is 11.3 Å². The molecule has 0 saturated heterocycles. The number of nitrogens with zero attached hydrogens (tertiary/aromatic N) is 1. The van der Waals surface area contributed by atoms with Crippen molar-refractivity contribution in [2.75, 3.05) is 12.4 Å². The molecule has 2 amide bonds. The lowest BCUT2D eigenvalue weighted by molar-refractivity contribution is -0.136. The van der Waals surface area contributed by atoms with Crippen molar-refractivity contribution >= 4 is 34.1 Å². The summed E-state index contributed by atoms with van der Waals surface area (Å²) in [6, 6.07) is 5.28. The number of hydrogen-bond acceptors (Lipinski definition) is 6. The first-order valence-corrected chi connectivity index (χ1v) is 7.93. The van der Waals surface area contributed by atoms with E-state index in [2.05, 4.69) is 15.6 Å². The summed E-state index contributed by atoms with van der Waals surface area (Å²) < 4.78 is 4.73. The van der Waals surface area contributed by atoms with E-state index in [0.717, 1.165) is 10.4 Å². The second-order valence-corrected chi connectivity index (χ2v) is 6.16. The van der Waals surface area contributed by atoms with Crippen LogP contribution < -0.4 is 10.6 Å². The molecule has 0 aliphatic heterocycles. The molecule has 0 saturated carbocycles. The molecule has 2 aromatic rings. The number of pyridine rings is 1. The summed E-state index contributed by atoms with van der Waals surface area (Å²) in [5.41, 5.74) is 1.62. The van der Waals surface area contributed by atoms with Crippen LogP contribution in [0, 0.1) is 13.8 Å². The van der Waals surface area contributed by atoms with Crippen LogP contribution in [0.3, 0.4) is 0 Å². The van der Waals surface area contributed by atoms with Crippen molar-refractivity contribution < 1.29 is 19.1 Å². The van der Waals surface area contributed by atoms with Crippen LogP contribution in [0.5, 0.6) is 0 Å². The van der Waals surface area contributed by atoms with E-state index in [1.165, 1.54) is 18.4 Å². The number of carbonyl (C=O) groups excluding carboxylic acids is 3. The maximum Gasteiger partial charge on any atom is 0.341 e. The SMILES string of the molecule is COC(=O)c1c(NC(=O)C(=O)NCc2ccccn2)sc(C)c1C. The Bertz CT molecular complexity index is 771. The molecule has 2 aromatic heterocycles. The van der Waals surface area contributed by atoms with Crippen molar-refractivity contribution in [1.82, 2.24) is 10.3 Å². The molecule has 126 valence electrons. The molecular formula is C16H17N3O4S. The fraction of sp³-hybridized carbons (Fsp3) is 0.250. The Balaban J connectivity index is 2.05. The van der Waals surface area contributed by atoms with Crippen molar-refractivity contribution in [3.63, 3.8) is 0 Å². The summed E-state index contributed by atoms with van der Waals surface area (Å²) in [5, 5.41) is 5.25. The molecule has 0 radical (unpaired) electrons. The third-order valence-corrected chi connectivity index (χ3v) is 4.49. The minimum absolute atomic E-state index is 0.138. The smallest absolute Gasteiger partial charge is 0.341 e. The molecule has 0 bridgehead atoms. The van der Waals surface area contributed by atoms with Gasteiger partial charge in [0.2, 0.25) is 0 Å². The maximum absolute atomic E-state index is 12.0. The number of thiophene rings is 1. The van der Waals surface area contributed by atoms with Gasteiger partial charge in [-0.25, -0.2) is 4.79 Å². The van der Waals surface area contributed by atoms with Gasteiger partial charge in [0, 0.05) is 11.1 Å². The predicted molar refractivity (Wildman–Crippen MR) is 89.8 cm³/mol. The van der Waals surface area contributed by atoms with Crippen LogP contribution in [0.2, 0.25) is 0 Å². The Morgan fingerprint density at radius 1 is 1.21 bits per heavy atom. The lowest BCUT2D eigenvalue weighted by Gasteiger charge is -2.07. The largest absolute Gasteiger partial charge is 0.465 e. The summed E-state index contributed by atoms with van der Waals surface area (Å²) in [4.78, 5) is 40.7. The lowest BCUT2D eigenvalue weighted by Crippen LogP contribution is -2.35. The average molecular weight is 347 g/mol. The molecule has 24 heavy (non-hydrogen) atoms. The standard InChI is InChI=1S/C16H17N3O4S/c1-9-10(2)24-15(12(9)16(22)23-3)19-14(21)13(20)18-8-11-6-4-5-7-17-11/h4-7H,8H2,1-3H3,(H,18,20)(H,19,21). The summed E-state index contributed by atoms with van der Waals surface area (Å²) in [7, 11) is 1.26. The highest BCUT2D eigenvalue weighted by molar-refractivity contribution is 7.17. The molecule has 8 heteroatoms. The molecule has 0 spiro atoms. The molecule has 0 fully saturated rings. The van der Waals surface area contributed by atoms with Gasteiger partial charge in [-0.2, -0.15) is 0 Å². The minimum atomic E-state index is -0.850. The molecule has 2 rings (SSSR count). The number of ether oxygens (including phenoxy) is 1. The summed E-state index contributed by atoms with van der Waals surface area (Å²) in [6.07, 6.45) is 1.60. The van der Waals surface area contributed by atoms with E-state index < -0.39 is 17.8 Å². The number of methoxy groups -OCH3 is 1. The van der Waals surface area contributed by atoms with E-state index in [1.807, 2.05) is 6.92 Å². The third-order valence-electron chi connectivity index (χ3n) is 3.36. The van der Waals surface area contributed by atoms with Crippen LogP contribution in [0.15, 0.2) is 24.4 Å². The normalized spacial score (nSPS) is 10.1. The second kappa shape index (κ2) is 7.69. The fourth-order valence-corrected chi connectivity index (χ4v) is 3.02. The Morgan fingerprint density at radius 2 is 1.96 bits per heavy atom. The van der Waals surface area contributed by atoms with Crippen molar-refractivity contribution in [2.24, 2.45) is 0 Å². The highest BCUT2D eigenvalue weighted by Crippen LogP contribution is 2.32. The van der Waals surface area contributed by atoms with Crippen LogP contribution in [0.25, 0.3) is 0 Å². The molecule has 0 aromatic carbocycles. The van der Waals surface area contributed by atoms with Gasteiger partial charge < -0.3 is 15.4 Å². The lowest BCUT2D eigenvalue weighted by atomic mass is 10.1. The van der Waals surface area contributed by atoms with Gasteiger partial charge in [0.15, 0.2) is 0 Å². The Morgan fingerprint density at radius 3 is 2.58 bits per heavy atom. The number of nitrogens with one attached hydrogen (secondary N) is 2. The second-order valence-electron chi connectivity index (χ2n) is 4.94. The third kappa shape index (κ3) is 3.96. The number of hydrogen-bond donors (Lipinski definition) is 2. The molecule has 0 unspecified atom stereocenters. The number of aromatic nitrogens is 1. The first kappa shape index (κ1) is 17.6. The van der Waals surface area contributed by atoms with E-state index in [1.54, 1.807) is 31.3 Å². The zero-order chi connectivity index (χ0) is 17.7. The van der Waals surface area contributed by atoms with E-state index in [4.69, 9.17) is 4.74 Å².